The molecular formula is C20H15Cl2N2O4-. The largest absolute Gasteiger partial charge is 0.543 e. The minimum absolute atomic E-state index is 0.191. The van der Waals surface area contributed by atoms with Gasteiger partial charge in [0.2, 0.25) is 5.91 Å². The number of nitrogens with one attached hydrogen (secondary N) is 2. The van der Waals surface area contributed by atoms with E-state index in [0.29, 0.717) is 27.4 Å². The second kappa shape index (κ2) is 7.96. The third-order valence-electron chi connectivity index (χ3n) is 4.15. The van der Waals surface area contributed by atoms with Gasteiger partial charge in [-0.3, -0.25) is 4.79 Å². The Morgan fingerprint density at radius 1 is 1.21 bits per heavy atom. The third kappa shape index (κ3) is 3.98. The molecule has 0 saturated carbocycles. The average molecular weight is 418 g/mol. The van der Waals surface area contributed by atoms with E-state index in [-0.39, 0.29) is 16.3 Å². The Bertz CT molecular complexity index is 1120. The normalized spacial score (nSPS) is 11.1. The lowest BCUT2D eigenvalue weighted by Crippen LogP contribution is -2.23. The quantitative estimate of drug-likeness (QED) is 0.617. The number of amides is 1. The van der Waals surface area contributed by atoms with E-state index in [9.17, 15) is 14.7 Å². The van der Waals surface area contributed by atoms with Crippen LogP contribution in [-0.4, -0.2) is 24.0 Å². The molecule has 0 atom stereocenters. The number of aromatic nitrogens is 1. The number of carboxylic acids is 1. The molecule has 0 radical (unpaired) electrons. The van der Waals surface area contributed by atoms with Crippen molar-refractivity contribution in [2.45, 2.75) is 6.92 Å². The van der Waals surface area contributed by atoms with E-state index in [1.807, 2.05) is 6.92 Å². The van der Waals surface area contributed by atoms with Gasteiger partial charge in [-0.05, 0) is 48.9 Å². The van der Waals surface area contributed by atoms with Crippen LogP contribution in [0.5, 0.6) is 5.75 Å². The van der Waals surface area contributed by atoms with Crippen LogP contribution < -0.4 is 15.2 Å². The number of carbonyl (C=O) groups is 2. The molecule has 1 aromatic heterocycles. The van der Waals surface area contributed by atoms with Gasteiger partial charge in [0, 0.05) is 33.3 Å². The molecule has 0 aliphatic heterocycles. The van der Waals surface area contributed by atoms with Gasteiger partial charge in [0.15, 0.2) is 0 Å². The Balaban J connectivity index is 1.93. The van der Waals surface area contributed by atoms with Crippen molar-refractivity contribution in [3.8, 4) is 5.75 Å². The van der Waals surface area contributed by atoms with E-state index in [2.05, 4.69) is 10.3 Å². The Morgan fingerprint density at radius 3 is 2.61 bits per heavy atom. The summed E-state index contributed by atoms with van der Waals surface area (Å²) in [7, 11) is 1.56. The van der Waals surface area contributed by atoms with Gasteiger partial charge >= 0.3 is 0 Å². The molecule has 3 rings (SSSR count). The fraction of sp³-hybridized carbons (Fsp3) is 0.100. The summed E-state index contributed by atoms with van der Waals surface area (Å²) in [6.07, 6.45) is 2.60. The summed E-state index contributed by atoms with van der Waals surface area (Å²) in [5.74, 6) is -1.18. The molecular weight excluding hydrogens is 403 g/mol. The minimum atomic E-state index is -1.42. The Kier molecular flexibility index (Phi) is 5.63. The SMILES string of the molecule is COc1ccc(NC(=O)/C=C/c2c(C(=O)[O-])[nH]c3cc(Cl)cc(Cl)c23)c(C)c1. The number of benzene rings is 2. The molecule has 0 spiro atoms. The van der Waals surface area contributed by atoms with Gasteiger partial charge in [-0.2, -0.15) is 0 Å². The molecule has 28 heavy (non-hydrogen) atoms. The highest BCUT2D eigenvalue weighted by atomic mass is 35.5. The Morgan fingerprint density at radius 2 is 1.96 bits per heavy atom. The number of aromatic carboxylic acids is 1. The maximum Gasteiger partial charge on any atom is 0.248 e. The number of halogens is 2. The van der Waals surface area contributed by atoms with Crippen molar-refractivity contribution < 1.29 is 19.4 Å². The summed E-state index contributed by atoms with van der Waals surface area (Å²) in [5, 5.41) is 15.3. The van der Waals surface area contributed by atoms with E-state index >= 15 is 0 Å². The van der Waals surface area contributed by atoms with Crippen molar-refractivity contribution in [3.05, 3.63) is 63.3 Å². The first kappa shape index (κ1) is 19.8. The van der Waals surface area contributed by atoms with Crippen LogP contribution in [0.3, 0.4) is 0 Å². The predicted molar refractivity (Wildman–Crippen MR) is 108 cm³/mol. The smallest absolute Gasteiger partial charge is 0.248 e. The fourth-order valence-corrected chi connectivity index (χ4v) is 3.43. The zero-order valence-electron chi connectivity index (χ0n) is 14.9. The van der Waals surface area contributed by atoms with Crippen LogP contribution in [0.2, 0.25) is 10.0 Å². The van der Waals surface area contributed by atoms with E-state index in [1.165, 1.54) is 18.2 Å². The molecule has 1 heterocycles. The van der Waals surface area contributed by atoms with Crippen molar-refractivity contribution in [3.63, 3.8) is 0 Å². The van der Waals surface area contributed by atoms with Crippen LogP contribution in [0.15, 0.2) is 36.4 Å². The maximum absolute atomic E-state index is 12.3. The molecule has 3 aromatic rings. The molecule has 0 unspecified atom stereocenters. The second-order valence-electron chi connectivity index (χ2n) is 6.01. The number of H-pyrrole nitrogens is 1. The molecule has 0 aliphatic rings. The highest BCUT2D eigenvalue weighted by molar-refractivity contribution is 6.39. The van der Waals surface area contributed by atoms with E-state index < -0.39 is 11.9 Å². The molecule has 2 aromatic carbocycles. The predicted octanol–water partition coefficient (Wildman–Crippen LogP) is 3.81. The van der Waals surface area contributed by atoms with Crippen LogP contribution in [0.25, 0.3) is 17.0 Å². The van der Waals surface area contributed by atoms with Crippen LogP contribution in [0.1, 0.15) is 21.6 Å². The number of carboxylic acid groups (broad SMARTS) is 1. The van der Waals surface area contributed by atoms with Crippen molar-refractivity contribution >= 4 is 57.7 Å². The van der Waals surface area contributed by atoms with Crippen molar-refractivity contribution in [2.24, 2.45) is 0 Å². The standard InChI is InChI=1S/C20H16Cl2N2O4/c1-10-7-12(28-2)3-5-15(10)23-17(25)6-4-13-18-14(22)8-11(21)9-16(18)24-19(13)20(26)27/h3-9,24H,1-2H3,(H,23,25)(H,26,27)/p-1/b6-4+. The number of hydrogen-bond acceptors (Lipinski definition) is 4. The molecule has 0 bridgehead atoms. The number of methoxy groups -OCH3 is 1. The molecule has 0 fully saturated rings. The topological polar surface area (TPSA) is 94.2 Å². The number of anilines is 1. The van der Waals surface area contributed by atoms with Crippen molar-refractivity contribution in [2.75, 3.05) is 12.4 Å². The molecule has 0 saturated heterocycles. The fourth-order valence-electron chi connectivity index (χ4n) is 2.84. The molecule has 0 aliphatic carbocycles. The lowest BCUT2D eigenvalue weighted by molar-refractivity contribution is -0.255. The summed E-state index contributed by atoms with van der Waals surface area (Å²) < 4.78 is 5.13. The van der Waals surface area contributed by atoms with E-state index in [4.69, 9.17) is 27.9 Å². The zero-order valence-corrected chi connectivity index (χ0v) is 16.4. The number of hydrogen-bond donors (Lipinski definition) is 2. The number of rotatable bonds is 5. The van der Waals surface area contributed by atoms with Gasteiger partial charge < -0.3 is 24.9 Å². The van der Waals surface area contributed by atoms with Crippen LogP contribution in [0.4, 0.5) is 5.69 Å². The molecule has 2 N–H and O–H groups in total. The monoisotopic (exact) mass is 417 g/mol. The Labute approximate surface area is 170 Å². The van der Waals surface area contributed by atoms with E-state index in [1.54, 1.807) is 31.4 Å². The van der Waals surface area contributed by atoms with Gasteiger partial charge in [-0.25, -0.2) is 0 Å². The third-order valence-corrected chi connectivity index (χ3v) is 4.67. The first-order valence-corrected chi connectivity index (χ1v) is 8.91. The number of fused-ring (bicyclic) bond motifs is 1. The highest BCUT2D eigenvalue weighted by Gasteiger charge is 2.14. The number of aromatic amines is 1. The summed E-state index contributed by atoms with van der Waals surface area (Å²) in [6, 6.07) is 8.28. The molecule has 1 amide bonds. The lowest BCUT2D eigenvalue weighted by atomic mass is 10.1. The zero-order chi connectivity index (χ0) is 20.4. The maximum atomic E-state index is 12.3. The average Bonchev–Trinajstić information content (AvgIpc) is 3.00. The summed E-state index contributed by atoms with van der Waals surface area (Å²) in [4.78, 5) is 26.5. The second-order valence-corrected chi connectivity index (χ2v) is 6.86. The van der Waals surface area contributed by atoms with Gasteiger partial charge in [-0.15, -0.1) is 0 Å². The Hall–Kier alpha value is -2.96. The number of carbonyl (C=O) groups excluding carboxylic acids is 2. The van der Waals surface area contributed by atoms with Gasteiger partial charge in [-0.1, -0.05) is 23.2 Å². The summed E-state index contributed by atoms with van der Waals surface area (Å²) in [6.45, 7) is 1.83. The number of ether oxygens (including phenoxy) is 1. The summed E-state index contributed by atoms with van der Waals surface area (Å²) >= 11 is 12.2. The van der Waals surface area contributed by atoms with Crippen molar-refractivity contribution in [1.29, 1.82) is 0 Å². The van der Waals surface area contributed by atoms with E-state index in [0.717, 1.165) is 5.56 Å². The van der Waals surface area contributed by atoms with Crippen LogP contribution in [0, 0.1) is 6.92 Å². The van der Waals surface area contributed by atoms with Crippen molar-refractivity contribution in [1.82, 2.24) is 4.98 Å². The summed E-state index contributed by atoms with van der Waals surface area (Å²) in [5.41, 5.74) is 1.91. The molecule has 144 valence electrons. The highest BCUT2D eigenvalue weighted by Crippen LogP contribution is 2.33. The van der Waals surface area contributed by atoms with Gasteiger partial charge in [0.05, 0.1) is 23.8 Å². The minimum Gasteiger partial charge on any atom is -0.543 e. The van der Waals surface area contributed by atoms with Gasteiger partial charge in [0.1, 0.15) is 5.75 Å². The van der Waals surface area contributed by atoms with Crippen LogP contribution >= 0.6 is 23.2 Å². The van der Waals surface area contributed by atoms with Gasteiger partial charge in [0.25, 0.3) is 0 Å². The first-order valence-electron chi connectivity index (χ1n) is 8.16. The molecule has 8 heteroatoms. The van der Waals surface area contributed by atoms with Crippen LogP contribution in [-0.2, 0) is 4.79 Å². The first-order chi connectivity index (χ1) is 13.3. The molecule has 6 nitrogen and oxygen atoms in total. The number of aryl methyl sites for hydroxylation is 1. The lowest BCUT2D eigenvalue weighted by Gasteiger charge is -2.08.